The molecule has 1 aromatic carbocycles. The average Bonchev–Trinajstić information content (AvgIpc) is 2.79. The first-order valence-electron chi connectivity index (χ1n) is 11.0. The number of benzene rings is 1. The highest BCUT2D eigenvalue weighted by molar-refractivity contribution is 7.99. The van der Waals surface area contributed by atoms with Crippen LogP contribution in [-0.4, -0.2) is 54.1 Å². The van der Waals surface area contributed by atoms with E-state index < -0.39 is 0 Å². The Morgan fingerprint density at radius 2 is 1.80 bits per heavy atom. The molecule has 4 rings (SSSR count). The van der Waals surface area contributed by atoms with Crippen molar-refractivity contribution in [2.75, 3.05) is 41.7 Å². The van der Waals surface area contributed by atoms with E-state index in [9.17, 15) is 4.79 Å². The summed E-state index contributed by atoms with van der Waals surface area (Å²) in [6.07, 6.45) is 5.97. The van der Waals surface area contributed by atoms with E-state index in [1.807, 2.05) is 12.1 Å². The third kappa shape index (κ3) is 5.65. The highest BCUT2D eigenvalue weighted by Crippen LogP contribution is 2.22. The quantitative estimate of drug-likeness (QED) is 0.713. The molecule has 2 aromatic rings. The molecule has 0 spiro atoms. The molecule has 1 saturated carbocycles. The van der Waals surface area contributed by atoms with Gasteiger partial charge in [0, 0.05) is 37.9 Å². The topological polar surface area (TPSA) is 61.4 Å². The summed E-state index contributed by atoms with van der Waals surface area (Å²) in [5, 5.41) is 12.7. The maximum Gasteiger partial charge on any atom is 0.230 e. The van der Waals surface area contributed by atoms with Crippen molar-refractivity contribution in [3.8, 4) is 0 Å². The van der Waals surface area contributed by atoms with Crippen LogP contribution in [0.2, 0.25) is 0 Å². The minimum absolute atomic E-state index is 0.102. The summed E-state index contributed by atoms with van der Waals surface area (Å²) in [4.78, 5) is 16.9. The van der Waals surface area contributed by atoms with E-state index in [1.54, 1.807) is 0 Å². The Labute approximate surface area is 183 Å². The number of carbonyl (C=O) groups is 1. The average molecular weight is 426 g/mol. The lowest BCUT2D eigenvalue weighted by molar-refractivity contribution is -0.119. The second-order valence-electron chi connectivity index (χ2n) is 8.23. The van der Waals surface area contributed by atoms with Gasteiger partial charge in [0.2, 0.25) is 5.91 Å². The number of piperazine rings is 1. The lowest BCUT2D eigenvalue weighted by atomic mass is 9.95. The van der Waals surface area contributed by atoms with Crippen LogP contribution in [0.25, 0.3) is 0 Å². The standard InChI is InChI=1S/C23H31N5OS/c1-18-6-5-9-20(16-18)27-12-14-28(15-13-27)21-10-11-23(26-25-21)30-17-22(29)24-19-7-3-2-4-8-19/h5-6,9-11,16,19H,2-4,7-8,12-15,17H2,1H3,(H,24,29). The van der Waals surface area contributed by atoms with Gasteiger partial charge >= 0.3 is 0 Å². The highest BCUT2D eigenvalue weighted by atomic mass is 32.2. The third-order valence-corrected chi connectivity index (χ3v) is 6.84. The molecule has 1 aliphatic carbocycles. The third-order valence-electron chi connectivity index (χ3n) is 5.92. The van der Waals surface area contributed by atoms with E-state index in [1.165, 1.54) is 42.3 Å². The Kier molecular flexibility index (Phi) is 7.10. The SMILES string of the molecule is Cc1cccc(N2CCN(c3ccc(SCC(=O)NC4CCCCC4)nn3)CC2)c1. The predicted molar refractivity (Wildman–Crippen MR) is 123 cm³/mol. The van der Waals surface area contributed by atoms with E-state index in [0.717, 1.165) is 49.9 Å². The number of rotatable bonds is 6. The minimum atomic E-state index is 0.102. The summed E-state index contributed by atoms with van der Waals surface area (Å²) in [6, 6.07) is 13.0. The van der Waals surface area contributed by atoms with Crippen LogP contribution < -0.4 is 15.1 Å². The van der Waals surface area contributed by atoms with Gasteiger partial charge in [0.15, 0.2) is 5.82 Å². The van der Waals surface area contributed by atoms with Crippen molar-refractivity contribution in [1.82, 2.24) is 15.5 Å². The summed E-state index contributed by atoms with van der Waals surface area (Å²) in [5.41, 5.74) is 2.58. The molecule has 160 valence electrons. The zero-order valence-corrected chi connectivity index (χ0v) is 18.5. The fraction of sp³-hybridized carbons (Fsp3) is 0.522. The van der Waals surface area contributed by atoms with Crippen LogP contribution in [0.3, 0.4) is 0 Å². The highest BCUT2D eigenvalue weighted by Gasteiger charge is 2.19. The zero-order valence-electron chi connectivity index (χ0n) is 17.7. The Bertz CT molecular complexity index is 830. The maximum absolute atomic E-state index is 12.2. The summed E-state index contributed by atoms with van der Waals surface area (Å²) in [7, 11) is 0. The Balaban J connectivity index is 1.23. The van der Waals surface area contributed by atoms with Crippen LogP contribution in [0.5, 0.6) is 0 Å². The van der Waals surface area contributed by atoms with E-state index in [2.05, 4.69) is 56.5 Å². The van der Waals surface area contributed by atoms with E-state index >= 15 is 0 Å². The molecule has 1 saturated heterocycles. The van der Waals surface area contributed by atoms with E-state index in [4.69, 9.17) is 0 Å². The largest absolute Gasteiger partial charge is 0.368 e. The van der Waals surface area contributed by atoms with Crippen molar-refractivity contribution in [2.24, 2.45) is 0 Å². The van der Waals surface area contributed by atoms with Gasteiger partial charge in [-0.1, -0.05) is 43.2 Å². The van der Waals surface area contributed by atoms with Gasteiger partial charge in [-0.05, 0) is 49.6 Å². The summed E-state index contributed by atoms with van der Waals surface area (Å²) in [6.45, 7) is 5.94. The Hall–Kier alpha value is -2.28. The first kappa shape index (κ1) is 21.0. The summed E-state index contributed by atoms with van der Waals surface area (Å²) >= 11 is 1.46. The van der Waals surface area contributed by atoms with E-state index in [-0.39, 0.29) is 5.91 Å². The smallest absolute Gasteiger partial charge is 0.230 e. The zero-order chi connectivity index (χ0) is 20.8. The van der Waals surface area contributed by atoms with Gasteiger partial charge in [0.1, 0.15) is 5.03 Å². The molecular formula is C23H31N5OS. The minimum Gasteiger partial charge on any atom is -0.368 e. The number of nitrogens with zero attached hydrogens (tertiary/aromatic N) is 4. The summed E-state index contributed by atoms with van der Waals surface area (Å²) in [5.74, 6) is 1.42. The molecule has 0 bridgehead atoms. The second kappa shape index (κ2) is 10.2. The monoisotopic (exact) mass is 425 g/mol. The molecule has 0 unspecified atom stereocenters. The molecular weight excluding hydrogens is 394 g/mol. The number of hydrogen-bond acceptors (Lipinski definition) is 6. The first-order chi connectivity index (χ1) is 14.7. The molecule has 6 nitrogen and oxygen atoms in total. The molecule has 2 fully saturated rings. The van der Waals surface area contributed by atoms with Crippen LogP contribution in [0.15, 0.2) is 41.4 Å². The number of amides is 1. The molecule has 2 heterocycles. The van der Waals surface area contributed by atoms with Gasteiger partial charge in [-0.2, -0.15) is 0 Å². The number of aromatic nitrogens is 2. The van der Waals surface area contributed by atoms with E-state index in [0.29, 0.717) is 11.8 Å². The number of thioether (sulfide) groups is 1. The van der Waals surface area contributed by atoms with Crippen LogP contribution in [0.4, 0.5) is 11.5 Å². The number of hydrogen-bond donors (Lipinski definition) is 1. The Morgan fingerprint density at radius 1 is 1.03 bits per heavy atom. The molecule has 0 radical (unpaired) electrons. The Morgan fingerprint density at radius 3 is 2.50 bits per heavy atom. The van der Waals surface area contributed by atoms with Gasteiger partial charge in [-0.3, -0.25) is 4.79 Å². The molecule has 1 N–H and O–H groups in total. The number of nitrogens with one attached hydrogen (secondary N) is 1. The lowest BCUT2D eigenvalue weighted by Crippen LogP contribution is -2.46. The van der Waals surface area contributed by atoms with Crippen LogP contribution in [0.1, 0.15) is 37.7 Å². The summed E-state index contributed by atoms with van der Waals surface area (Å²) < 4.78 is 0. The van der Waals surface area contributed by atoms with Crippen LogP contribution in [0, 0.1) is 6.92 Å². The van der Waals surface area contributed by atoms with Crippen LogP contribution in [-0.2, 0) is 4.79 Å². The van der Waals surface area contributed by atoms with Crippen molar-refractivity contribution in [1.29, 1.82) is 0 Å². The fourth-order valence-corrected chi connectivity index (χ4v) is 4.86. The van der Waals surface area contributed by atoms with Gasteiger partial charge in [0.05, 0.1) is 5.75 Å². The second-order valence-corrected chi connectivity index (χ2v) is 9.23. The molecule has 0 atom stereocenters. The number of aryl methyl sites for hydroxylation is 1. The van der Waals surface area contributed by atoms with Gasteiger partial charge < -0.3 is 15.1 Å². The number of carbonyl (C=O) groups excluding carboxylic acids is 1. The van der Waals surface area contributed by atoms with Crippen molar-refractivity contribution in [3.63, 3.8) is 0 Å². The van der Waals surface area contributed by atoms with Crippen molar-refractivity contribution >= 4 is 29.2 Å². The van der Waals surface area contributed by atoms with Crippen LogP contribution >= 0.6 is 11.8 Å². The fourth-order valence-electron chi connectivity index (χ4n) is 4.23. The van der Waals surface area contributed by atoms with Gasteiger partial charge in [-0.25, -0.2) is 0 Å². The molecule has 30 heavy (non-hydrogen) atoms. The molecule has 2 aliphatic rings. The number of anilines is 2. The molecule has 7 heteroatoms. The lowest BCUT2D eigenvalue weighted by Gasteiger charge is -2.36. The predicted octanol–water partition coefficient (Wildman–Crippen LogP) is 3.65. The van der Waals surface area contributed by atoms with Gasteiger partial charge in [-0.15, -0.1) is 10.2 Å². The maximum atomic E-state index is 12.2. The van der Waals surface area contributed by atoms with Gasteiger partial charge in [0.25, 0.3) is 0 Å². The molecule has 1 aliphatic heterocycles. The molecule has 1 amide bonds. The first-order valence-corrected chi connectivity index (χ1v) is 12.0. The molecule has 1 aromatic heterocycles. The van der Waals surface area contributed by atoms with Crippen molar-refractivity contribution < 1.29 is 4.79 Å². The normalized spacial score (nSPS) is 17.8. The van der Waals surface area contributed by atoms with Crippen molar-refractivity contribution in [2.45, 2.75) is 50.1 Å². The van der Waals surface area contributed by atoms with Crippen molar-refractivity contribution in [3.05, 3.63) is 42.0 Å².